The average Bonchev–Trinajstić information content (AvgIpc) is 2.34. The van der Waals surface area contributed by atoms with Gasteiger partial charge in [0.05, 0.1) is 5.01 Å². The fourth-order valence-electron chi connectivity index (χ4n) is 0.753. The Hall–Kier alpha value is -0.370. The molecule has 56 valence electrons. The highest BCUT2D eigenvalue weighted by molar-refractivity contribution is 7.11. The summed E-state index contributed by atoms with van der Waals surface area (Å²) in [5.41, 5.74) is 0. The average molecular weight is 155 g/mol. The summed E-state index contributed by atoms with van der Waals surface area (Å²) >= 11 is 1.83. The van der Waals surface area contributed by atoms with Gasteiger partial charge in [0.1, 0.15) is 0 Å². The lowest BCUT2D eigenvalue weighted by molar-refractivity contribution is 0.852. The van der Waals surface area contributed by atoms with Gasteiger partial charge in [-0.1, -0.05) is 20.8 Å². The van der Waals surface area contributed by atoms with Crippen molar-refractivity contribution in [3.63, 3.8) is 0 Å². The molecular weight excluding hydrogens is 142 g/mol. The van der Waals surface area contributed by atoms with Crippen molar-refractivity contribution in [1.82, 2.24) is 4.98 Å². The standard InChI is InChI=1S/C8H13NS/c1-4-7-5-9-8(10-7)6(2)3/h5-6H,4H2,1-3H3. The molecule has 0 unspecified atom stereocenters. The van der Waals surface area contributed by atoms with Crippen molar-refractivity contribution in [2.24, 2.45) is 0 Å². The Bertz CT molecular complexity index is 203. The van der Waals surface area contributed by atoms with Crippen molar-refractivity contribution >= 4 is 11.3 Å². The Morgan fingerprint density at radius 2 is 2.30 bits per heavy atom. The van der Waals surface area contributed by atoms with Gasteiger partial charge in [-0.3, -0.25) is 0 Å². The molecule has 0 saturated heterocycles. The minimum Gasteiger partial charge on any atom is -0.249 e. The molecule has 1 nitrogen and oxygen atoms in total. The van der Waals surface area contributed by atoms with Gasteiger partial charge in [0.15, 0.2) is 0 Å². The lowest BCUT2D eigenvalue weighted by Crippen LogP contribution is -1.81. The largest absolute Gasteiger partial charge is 0.249 e. The second-order valence-corrected chi connectivity index (χ2v) is 3.82. The predicted octanol–water partition coefficient (Wildman–Crippen LogP) is 2.83. The molecule has 10 heavy (non-hydrogen) atoms. The van der Waals surface area contributed by atoms with Gasteiger partial charge in [0, 0.05) is 17.0 Å². The van der Waals surface area contributed by atoms with Gasteiger partial charge in [-0.15, -0.1) is 11.3 Å². The summed E-state index contributed by atoms with van der Waals surface area (Å²) in [7, 11) is 0. The van der Waals surface area contributed by atoms with Gasteiger partial charge in [-0.2, -0.15) is 0 Å². The first-order chi connectivity index (χ1) is 4.74. The van der Waals surface area contributed by atoms with Crippen LogP contribution in [0.15, 0.2) is 6.20 Å². The van der Waals surface area contributed by atoms with Crippen molar-refractivity contribution in [2.75, 3.05) is 0 Å². The molecule has 0 spiro atoms. The van der Waals surface area contributed by atoms with Gasteiger partial charge in [0.25, 0.3) is 0 Å². The first-order valence-corrected chi connectivity index (χ1v) is 4.50. The molecule has 2 heteroatoms. The van der Waals surface area contributed by atoms with E-state index in [0.29, 0.717) is 5.92 Å². The summed E-state index contributed by atoms with van der Waals surface area (Å²) in [5.74, 6) is 0.588. The van der Waals surface area contributed by atoms with Crippen LogP contribution in [0, 0.1) is 0 Å². The van der Waals surface area contributed by atoms with Gasteiger partial charge in [-0.25, -0.2) is 4.98 Å². The molecule has 1 heterocycles. The third-order valence-corrected chi connectivity index (χ3v) is 2.86. The van der Waals surface area contributed by atoms with Crippen molar-refractivity contribution in [1.29, 1.82) is 0 Å². The molecule has 1 rings (SSSR count). The van der Waals surface area contributed by atoms with E-state index in [1.807, 2.05) is 17.5 Å². The fraction of sp³-hybridized carbons (Fsp3) is 0.625. The van der Waals surface area contributed by atoms with Crippen LogP contribution in [0.2, 0.25) is 0 Å². The van der Waals surface area contributed by atoms with Crippen LogP contribution < -0.4 is 0 Å². The third-order valence-electron chi connectivity index (χ3n) is 1.41. The molecule has 0 aromatic carbocycles. The Balaban J connectivity index is 2.78. The van der Waals surface area contributed by atoms with E-state index in [1.165, 1.54) is 9.88 Å². The monoisotopic (exact) mass is 155 g/mol. The quantitative estimate of drug-likeness (QED) is 0.640. The summed E-state index contributed by atoms with van der Waals surface area (Å²) in [6.45, 7) is 6.52. The van der Waals surface area contributed by atoms with Crippen LogP contribution in [0.5, 0.6) is 0 Å². The van der Waals surface area contributed by atoms with Crippen molar-refractivity contribution in [3.8, 4) is 0 Å². The maximum absolute atomic E-state index is 4.31. The first kappa shape index (κ1) is 7.73. The predicted molar refractivity (Wildman–Crippen MR) is 45.6 cm³/mol. The van der Waals surface area contributed by atoms with E-state index in [0.717, 1.165) is 6.42 Å². The summed E-state index contributed by atoms with van der Waals surface area (Å²) in [5, 5.41) is 1.26. The minimum atomic E-state index is 0.588. The number of rotatable bonds is 2. The summed E-state index contributed by atoms with van der Waals surface area (Å²) in [6.07, 6.45) is 3.10. The molecule has 0 fully saturated rings. The molecule has 0 N–H and O–H groups in total. The topological polar surface area (TPSA) is 12.9 Å². The van der Waals surface area contributed by atoms with E-state index in [9.17, 15) is 0 Å². The second kappa shape index (κ2) is 3.15. The lowest BCUT2D eigenvalue weighted by Gasteiger charge is -1.94. The Labute approximate surface area is 66.1 Å². The second-order valence-electron chi connectivity index (χ2n) is 2.67. The molecule has 0 amide bonds. The van der Waals surface area contributed by atoms with E-state index in [1.54, 1.807) is 0 Å². The fourth-order valence-corrected chi connectivity index (χ4v) is 1.61. The van der Waals surface area contributed by atoms with Gasteiger partial charge in [0.2, 0.25) is 0 Å². The van der Waals surface area contributed by atoms with Crippen LogP contribution in [-0.4, -0.2) is 4.98 Å². The molecule has 0 aliphatic rings. The highest BCUT2D eigenvalue weighted by Crippen LogP contribution is 2.20. The van der Waals surface area contributed by atoms with Crippen molar-refractivity contribution in [2.45, 2.75) is 33.1 Å². The molecule has 0 saturated carbocycles. The van der Waals surface area contributed by atoms with Gasteiger partial charge < -0.3 is 0 Å². The Kier molecular flexibility index (Phi) is 2.44. The van der Waals surface area contributed by atoms with Crippen molar-refractivity contribution < 1.29 is 0 Å². The SMILES string of the molecule is CCc1cnc(C(C)C)s1. The smallest absolute Gasteiger partial charge is 0.0953 e. The first-order valence-electron chi connectivity index (χ1n) is 3.68. The summed E-state index contributed by atoms with van der Waals surface area (Å²) in [4.78, 5) is 5.70. The maximum atomic E-state index is 4.31. The molecule has 0 aliphatic heterocycles. The number of aryl methyl sites for hydroxylation is 1. The number of nitrogens with zero attached hydrogens (tertiary/aromatic N) is 1. The minimum absolute atomic E-state index is 0.588. The summed E-state index contributed by atoms with van der Waals surface area (Å²) in [6, 6.07) is 0. The molecule has 1 aromatic rings. The molecule has 0 bridgehead atoms. The molecule has 0 aliphatic carbocycles. The van der Waals surface area contributed by atoms with Crippen LogP contribution in [0.1, 0.15) is 36.6 Å². The van der Waals surface area contributed by atoms with Crippen LogP contribution >= 0.6 is 11.3 Å². The van der Waals surface area contributed by atoms with E-state index in [-0.39, 0.29) is 0 Å². The van der Waals surface area contributed by atoms with Gasteiger partial charge in [-0.05, 0) is 6.42 Å². The normalized spacial score (nSPS) is 10.8. The van der Waals surface area contributed by atoms with E-state index in [2.05, 4.69) is 25.8 Å². The van der Waals surface area contributed by atoms with Crippen LogP contribution in [0.4, 0.5) is 0 Å². The zero-order valence-electron chi connectivity index (χ0n) is 6.72. The lowest BCUT2D eigenvalue weighted by atomic mass is 10.2. The highest BCUT2D eigenvalue weighted by Gasteiger charge is 2.03. The third kappa shape index (κ3) is 1.57. The Morgan fingerprint density at radius 1 is 1.60 bits per heavy atom. The number of thiazole rings is 1. The maximum Gasteiger partial charge on any atom is 0.0953 e. The van der Waals surface area contributed by atoms with E-state index >= 15 is 0 Å². The Morgan fingerprint density at radius 3 is 2.60 bits per heavy atom. The van der Waals surface area contributed by atoms with Crippen LogP contribution in [-0.2, 0) is 6.42 Å². The van der Waals surface area contributed by atoms with Crippen molar-refractivity contribution in [3.05, 3.63) is 16.1 Å². The molecule has 0 radical (unpaired) electrons. The number of hydrogen-bond donors (Lipinski definition) is 0. The van der Waals surface area contributed by atoms with E-state index < -0.39 is 0 Å². The molecule has 1 aromatic heterocycles. The van der Waals surface area contributed by atoms with E-state index in [4.69, 9.17) is 0 Å². The number of aromatic nitrogens is 1. The van der Waals surface area contributed by atoms with Gasteiger partial charge >= 0.3 is 0 Å². The number of hydrogen-bond acceptors (Lipinski definition) is 2. The molecular formula is C8H13NS. The zero-order valence-corrected chi connectivity index (χ0v) is 7.53. The summed E-state index contributed by atoms with van der Waals surface area (Å²) < 4.78 is 0. The van der Waals surface area contributed by atoms with Crippen LogP contribution in [0.3, 0.4) is 0 Å². The zero-order chi connectivity index (χ0) is 7.56. The van der Waals surface area contributed by atoms with Crippen LogP contribution in [0.25, 0.3) is 0 Å². The molecule has 0 atom stereocenters. The highest BCUT2D eigenvalue weighted by atomic mass is 32.1.